The Kier molecular flexibility index (Phi) is 4.67. The first-order chi connectivity index (χ1) is 11.3. The van der Waals surface area contributed by atoms with Gasteiger partial charge in [-0.15, -0.1) is 0 Å². The molecule has 3 fully saturated rings. The van der Waals surface area contributed by atoms with Gasteiger partial charge in [0.1, 0.15) is 4.90 Å². The number of carbonyl (C=O) groups excluding carboxylic acids is 1. The van der Waals surface area contributed by atoms with E-state index in [2.05, 4.69) is 10.00 Å². The van der Waals surface area contributed by atoms with E-state index in [4.69, 9.17) is 0 Å². The quantitative estimate of drug-likeness (QED) is 0.734. The lowest BCUT2D eigenvalue weighted by Gasteiger charge is -2.34. The number of rotatable bonds is 4. The summed E-state index contributed by atoms with van der Waals surface area (Å²) in [6, 6.07) is -0.0797. The van der Waals surface area contributed by atoms with Crippen LogP contribution in [0.3, 0.4) is 0 Å². The van der Waals surface area contributed by atoms with Gasteiger partial charge in [-0.05, 0) is 18.8 Å². The van der Waals surface area contributed by atoms with Crippen molar-refractivity contribution in [2.24, 2.45) is 13.0 Å². The summed E-state index contributed by atoms with van der Waals surface area (Å²) < 4.78 is 29.0. The van der Waals surface area contributed by atoms with Crippen molar-refractivity contribution in [3.8, 4) is 0 Å². The number of piperidine rings is 1. The van der Waals surface area contributed by atoms with Gasteiger partial charge < -0.3 is 4.90 Å². The molecule has 2 atom stereocenters. The Hall–Kier alpha value is -1.45. The molecule has 8 nitrogen and oxygen atoms in total. The minimum absolute atomic E-state index is 0.0537. The van der Waals surface area contributed by atoms with Crippen molar-refractivity contribution in [2.45, 2.75) is 23.8 Å². The van der Waals surface area contributed by atoms with E-state index in [-0.39, 0.29) is 22.8 Å². The predicted octanol–water partition coefficient (Wildman–Crippen LogP) is -0.407. The highest BCUT2D eigenvalue weighted by Gasteiger charge is 2.41. The molecule has 0 N–H and O–H groups in total. The van der Waals surface area contributed by atoms with Gasteiger partial charge in [0, 0.05) is 53.0 Å². The Morgan fingerprint density at radius 2 is 2.04 bits per heavy atom. The van der Waals surface area contributed by atoms with Crippen LogP contribution in [0.1, 0.15) is 12.8 Å². The van der Waals surface area contributed by atoms with Crippen molar-refractivity contribution in [1.82, 2.24) is 23.9 Å². The normalized spacial score (nSPS) is 25.6. The molecule has 0 unspecified atom stereocenters. The molecule has 134 valence electrons. The van der Waals surface area contributed by atoms with Gasteiger partial charge in [0.05, 0.1) is 12.7 Å². The molecule has 9 heteroatoms. The molecule has 3 saturated heterocycles. The lowest BCUT2D eigenvalue weighted by molar-refractivity contribution is -0.129. The van der Waals surface area contributed by atoms with Gasteiger partial charge in [-0.3, -0.25) is 14.4 Å². The largest absolute Gasteiger partial charge is 0.348 e. The molecule has 4 heterocycles. The number of hydrogen-bond donors (Lipinski definition) is 0. The Morgan fingerprint density at radius 3 is 2.67 bits per heavy atom. The predicted molar refractivity (Wildman–Crippen MR) is 88.7 cm³/mol. The monoisotopic (exact) mass is 355 g/mol. The van der Waals surface area contributed by atoms with Crippen LogP contribution >= 0.6 is 0 Å². The minimum atomic E-state index is -3.54. The Morgan fingerprint density at radius 1 is 1.29 bits per heavy atom. The fourth-order valence-corrected chi connectivity index (χ4v) is 5.27. The first-order valence-electron chi connectivity index (χ1n) is 8.20. The number of likely N-dealkylation sites (N-methyl/N-ethyl adjacent to an activating group) is 1. The number of amides is 1. The van der Waals surface area contributed by atoms with Gasteiger partial charge in [0.2, 0.25) is 15.9 Å². The van der Waals surface area contributed by atoms with Crippen LogP contribution in [0, 0.1) is 5.92 Å². The molecular formula is C15H25N5O3S. The summed E-state index contributed by atoms with van der Waals surface area (Å²) in [6.45, 7) is 2.25. The number of carbonyl (C=O) groups is 1. The van der Waals surface area contributed by atoms with Crippen LogP contribution in [0.4, 0.5) is 0 Å². The summed E-state index contributed by atoms with van der Waals surface area (Å²) >= 11 is 0. The summed E-state index contributed by atoms with van der Waals surface area (Å²) in [5, 5.41) is 3.99. The van der Waals surface area contributed by atoms with Crippen molar-refractivity contribution >= 4 is 15.9 Å². The molecule has 1 aromatic heterocycles. The molecular weight excluding hydrogens is 330 g/mol. The molecule has 0 radical (unpaired) electrons. The topological polar surface area (TPSA) is 78.8 Å². The Bertz CT molecular complexity index is 714. The van der Waals surface area contributed by atoms with Crippen molar-refractivity contribution in [1.29, 1.82) is 0 Å². The third kappa shape index (κ3) is 3.33. The highest BCUT2D eigenvalue weighted by Crippen LogP contribution is 2.32. The number of nitrogens with zero attached hydrogens (tertiary/aromatic N) is 5. The minimum Gasteiger partial charge on any atom is -0.348 e. The maximum atomic E-state index is 13.0. The van der Waals surface area contributed by atoms with Crippen LogP contribution in [-0.2, 0) is 21.9 Å². The van der Waals surface area contributed by atoms with E-state index in [9.17, 15) is 13.2 Å². The lowest BCUT2D eigenvalue weighted by Crippen LogP contribution is -2.47. The zero-order valence-electron chi connectivity index (χ0n) is 14.4. The summed E-state index contributed by atoms with van der Waals surface area (Å²) in [4.78, 5) is 15.9. The molecule has 1 amide bonds. The molecule has 0 saturated carbocycles. The fourth-order valence-electron chi connectivity index (χ4n) is 3.56. The average Bonchev–Trinajstić information content (AvgIpc) is 2.77. The number of fused-ring (bicyclic) bond motifs is 4. The summed E-state index contributed by atoms with van der Waals surface area (Å²) in [7, 11) is 1.66. The second-order valence-corrected chi connectivity index (χ2v) is 8.89. The maximum Gasteiger partial charge on any atom is 0.246 e. The number of aromatic nitrogens is 2. The van der Waals surface area contributed by atoms with Gasteiger partial charge in [-0.1, -0.05) is 0 Å². The van der Waals surface area contributed by atoms with Crippen LogP contribution in [0.5, 0.6) is 0 Å². The molecule has 1 aromatic rings. The number of hydrogen-bond acceptors (Lipinski definition) is 5. The molecule has 4 rings (SSSR count). The Labute approximate surface area is 143 Å². The first kappa shape index (κ1) is 17.4. The van der Waals surface area contributed by atoms with Crippen LogP contribution in [0.2, 0.25) is 0 Å². The van der Waals surface area contributed by atoms with Crippen LogP contribution in [0.15, 0.2) is 17.3 Å². The highest BCUT2D eigenvalue weighted by atomic mass is 32.2. The van der Waals surface area contributed by atoms with E-state index in [1.165, 1.54) is 10.9 Å². The van der Waals surface area contributed by atoms with E-state index >= 15 is 0 Å². The van der Waals surface area contributed by atoms with E-state index in [0.29, 0.717) is 19.6 Å². The fraction of sp³-hybridized carbons (Fsp3) is 0.733. The second-order valence-electron chi connectivity index (χ2n) is 7.00. The SMILES string of the molecule is CN(C)C(=O)CN1C[C@@H]2CC[C@H](C1)N(S(=O)(=O)c1cnn(C)c1)C2. The standard InChI is InChI=1S/C15H25N5O3S/c1-17(2)15(21)11-19-7-12-4-5-13(9-19)20(8-12)24(22,23)14-6-16-18(3)10-14/h6,10,12-13H,4-5,7-9,11H2,1-3H3/t12-,13+/m0/s1. The molecule has 3 aliphatic rings. The molecule has 3 aliphatic heterocycles. The van der Waals surface area contributed by atoms with Crippen molar-refractivity contribution in [3.63, 3.8) is 0 Å². The first-order valence-corrected chi connectivity index (χ1v) is 9.64. The zero-order chi connectivity index (χ0) is 17.5. The summed E-state index contributed by atoms with van der Waals surface area (Å²) in [5.74, 6) is 0.322. The maximum absolute atomic E-state index is 13.0. The van der Waals surface area contributed by atoms with E-state index in [1.54, 1.807) is 36.5 Å². The number of aryl methyl sites for hydroxylation is 1. The average molecular weight is 355 g/mol. The molecule has 0 aromatic carbocycles. The smallest absolute Gasteiger partial charge is 0.246 e. The molecule has 2 bridgehead atoms. The number of sulfonamides is 1. The second kappa shape index (κ2) is 6.45. The highest BCUT2D eigenvalue weighted by molar-refractivity contribution is 7.89. The molecule has 0 aliphatic carbocycles. The van der Waals surface area contributed by atoms with Gasteiger partial charge >= 0.3 is 0 Å². The summed E-state index contributed by atoms with van der Waals surface area (Å²) in [5.41, 5.74) is 0. The van der Waals surface area contributed by atoms with Gasteiger partial charge in [-0.25, -0.2) is 8.42 Å². The van der Waals surface area contributed by atoms with E-state index in [0.717, 1.165) is 19.4 Å². The van der Waals surface area contributed by atoms with Crippen LogP contribution < -0.4 is 0 Å². The Balaban J connectivity index is 1.79. The van der Waals surface area contributed by atoms with E-state index in [1.807, 2.05) is 0 Å². The van der Waals surface area contributed by atoms with Crippen molar-refractivity contribution in [2.75, 3.05) is 40.3 Å². The van der Waals surface area contributed by atoms with Crippen molar-refractivity contribution in [3.05, 3.63) is 12.4 Å². The third-order valence-corrected chi connectivity index (χ3v) is 6.76. The zero-order valence-corrected chi connectivity index (χ0v) is 15.2. The van der Waals surface area contributed by atoms with Gasteiger partial charge in [0.15, 0.2) is 0 Å². The van der Waals surface area contributed by atoms with Gasteiger partial charge in [-0.2, -0.15) is 9.40 Å². The summed E-state index contributed by atoms with van der Waals surface area (Å²) in [6.07, 6.45) is 4.80. The lowest BCUT2D eigenvalue weighted by atomic mass is 9.97. The van der Waals surface area contributed by atoms with Crippen LogP contribution in [0.25, 0.3) is 0 Å². The molecule has 24 heavy (non-hydrogen) atoms. The third-order valence-electron chi connectivity index (χ3n) is 4.88. The molecule has 0 spiro atoms. The van der Waals surface area contributed by atoms with Gasteiger partial charge in [0.25, 0.3) is 0 Å². The van der Waals surface area contributed by atoms with Crippen LogP contribution in [-0.4, -0.2) is 84.5 Å². The van der Waals surface area contributed by atoms with E-state index < -0.39 is 10.0 Å². The van der Waals surface area contributed by atoms with Crippen molar-refractivity contribution < 1.29 is 13.2 Å².